The number of nitrogen functional groups attached to an aromatic ring is 1. The van der Waals surface area contributed by atoms with Crippen molar-refractivity contribution in [3.63, 3.8) is 0 Å². The van der Waals surface area contributed by atoms with E-state index >= 15 is 0 Å². The zero-order chi connectivity index (χ0) is 14.8. The van der Waals surface area contributed by atoms with Crippen LogP contribution in [0.15, 0.2) is 54.9 Å². The lowest BCUT2D eigenvalue weighted by Crippen LogP contribution is -2.04. The third-order valence-corrected chi connectivity index (χ3v) is 3.63. The first-order chi connectivity index (χ1) is 10.1. The molecule has 3 aromatic rings. The van der Waals surface area contributed by atoms with Crippen LogP contribution in [0, 0.1) is 5.82 Å². The summed E-state index contributed by atoms with van der Waals surface area (Å²) in [6, 6.07) is 12.1. The van der Waals surface area contributed by atoms with E-state index in [4.69, 9.17) is 17.3 Å². The fourth-order valence-corrected chi connectivity index (χ4v) is 2.41. The van der Waals surface area contributed by atoms with Gasteiger partial charge in [-0.2, -0.15) is 0 Å². The Morgan fingerprint density at radius 2 is 1.90 bits per heavy atom. The molecule has 0 aliphatic heterocycles. The first-order valence-electron chi connectivity index (χ1n) is 6.45. The molecular weight excluding hydrogens is 289 g/mol. The van der Waals surface area contributed by atoms with Crippen LogP contribution in [0.3, 0.4) is 0 Å². The fraction of sp³-hybridized carbons (Fsp3) is 0.0625. The molecule has 2 N–H and O–H groups in total. The Kier molecular flexibility index (Phi) is 3.62. The number of hydrogen-bond donors (Lipinski definition) is 1. The molecule has 0 spiro atoms. The van der Waals surface area contributed by atoms with E-state index in [9.17, 15) is 4.39 Å². The van der Waals surface area contributed by atoms with Gasteiger partial charge < -0.3 is 10.3 Å². The highest BCUT2D eigenvalue weighted by Gasteiger charge is 2.11. The maximum atomic E-state index is 13.9. The minimum absolute atomic E-state index is 0.320. The van der Waals surface area contributed by atoms with Crippen LogP contribution in [0.2, 0.25) is 5.02 Å². The van der Waals surface area contributed by atoms with Crippen LogP contribution in [0.5, 0.6) is 0 Å². The van der Waals surface area contributed by atoms with Crippen molar-refractivity contribution in [2.24, 2.45) is 0 Å². The zero-order valence-electron chi connectivity index (χ0n) is 11.1. The molecule has 0 fully saturated rings. The summed E-state index contributed by atoms with van der Waals surface area (Å²) in [5, 5.41) is 0.409. The van der Waals surface area contributed by atoms with E-state index in [2.05, 4.69) is 4.98 Å². The third kappa shape index (κ3) is 2.76. The highest BCUT2D eigenvalue weighted by Crippen LogP contribution is 2.24. The second-order valence-electron chi connectivity index (χ2n) is 4.70. The van der Waals surface area contributed by atoms with Gasteiger partial charge in [0.2, 0.25) is 0 Å². The van der Waals surface area contributed by atoms with Crippen LogP contribution in [-0.4, -0.2) is 9.55 Å². The largest absolute Gasteiger partial charge is 0.399 e. The van der Waals surface area contributed by atoms with Crippen molar-refractivity contribution in [3.05, 3.63) is 71.3 Å². The average molecular weight is 302 g/mol. The molecular formula is C16H13ClFN3. The molecule has 0 unspecified atom stereocenters. The van der Waals surface area contributed by atoms with Crippen molar-refractivity contribution in [1.82, 2.24) is 9.55 Å². The van der Waals surface area contributed by atoms with Gasteiger partial charge in [-0.25, -0.2) is 9.37 Å². The minimum Gasteiger partial charge on any atom is -0.399 e. The molecule has 0 aliphatic carbocycles. The number of imidazole rings is 1. The number of nitrogens with two attached hydrogens (primary N) is 1. The summed E-state index contributed by atoms with van der Waals surface area (Å²) < 4.78 is 15.8. The quantitative estimate of drug-likeness (QED) is 0.744. The van der Waals surface area contributed by atoms with Gasteiger partial charge in [-0.3, -0.25) is 0 Å². The zero-order valence-corrected chi connectivity index (χ0v) is 11.9. The number of aromatic nitrogens is 2. The van der Waals surface area contributed by atoms with Gasteiger partial charge in [0.15, 0.2) is 0 Å². The molecule has 0 atom stereocenters. The summed E-state index contributed by atoms with van der Waals surface area (Å²) in [6.45, 7) is 0.325. The number of anilines is 1. The molecule has 0 saturated heterocycles. The number of halogens is 2. The molecule has 5 heteroatoms. The van der Waals surface area contributed by atoms with Gasteiger partial charge in [-0.1, -0.05) is 17.7 Å². The summed E-state index contributed by atoms with van der Waals surface area (Å²) in [4.78, 5) is 4.33. The molecule has 1 heterocycles. The molecule has 3 nitrogen and oxygen atoms in total. The summed E-state index contributed by atoms with van der Waals surface area (Å²) >= 11 is 6.08. The van der Waals surface area contributed by atoms with Crippen LogP contribution in [-0.2, 0) is 6.54 Å². The van der Waals surface area contributed by atoms with Gasteiger partial charge in [0.05, 0.1) is 6.54 Å². The normalized spacial score (nSPS) is 10.8. The third-order valence-electron chi connectivity index (χ3n) is 3.27. The molecule has 3 rings (SSSR count). The van der Waals surface area contributed by atoms with Crippen molar-refractivity contribution < 1.29 is 4.39 Å². The van der Waals surface area contributed by atoms with E-state index in [1.807, 2.05) is 28.8 Å². The molecule has 2 aromatic carbocycles. The fourth-order valence-electron chi connectivity index (χ4n) is 2.18. The number of hydrogen-bond acceptors (Lipinski definition) is 2. The number of nitrogens with zero attached hydrogens (tertiary/aromatic N) is 2. The number of benzene rings is 2. The first-order valence-corrected chi connectivity index (χ1v) is 6.83. The molecule has 0 bridgehead atoms. The Hall–Kier alpha value is -2.33. The Bertz CT molecular complexity index is 745. The van der Waals surface area contributed by atoms with Crippen LogP contribution in [0.4, 0.5) is 10.1 Å². The minimum atomic E-state index is -0.320. The predicted octanol–water partition coefficient (Wildman–Crippen LogP) is 3.97. The number of rotatable bonds is 3. The van der Waals surface area contributed by atoms with Gasteiger partial charge in [0.25, 0.3) is 0 Å². The van der Waals surface area contributed by atoms with Gasteiger partial charge >= 0.3 is 0 Å². The van der Waals surface area contributed by atoms with Crippen molar-refractivity contribution in [2.45, 2.75) is 6.54 Å². The summed E-state index contributed by atoms with van der Waals surface area (Å²) in [5.41, 5.74) is 7.75. The summed E-state index contributed by atoms with van der Waals surface area (Å²) in [5.74, 6) is 0.425. The van der Waals surface area contributed by atoms with Crippen LogP contribution in [0.25, 0.3) is 11.4 Å². The van der Waals surface area contributed by atoms with Gasteiger partial charge in [-0.15, -0.1) is 0 Å². The van der Waals surface area contributed by atoms with Crippen LogP contribution in [0.1, 0.15) is 5.56 Å². The first kappa shape index (κ1) is 13.6. The second kappa shape index (κ2) is 5.58. The second-order valence-corrected chi connectivity index (χ2v) is 5.11. The van der Waals surface area contributed by atoms with E-state index in [0.29, 0.717) is 22.8 Å². The lowest BCUT2D eigenvalue weighted by atomic mass is 10.1. The van der Waals surface area contributed by atoms with E-state index in [1.165, 1.54) is 6.07 Å². The van der Waals surface area contributed by atoms with Gasteiger partial charge in [-0.05, 0) is 36.4 Å². The van der Waals surface area contributed by atoms with Gasteiger partial charge in [0, 0.05) is 34.2 Å². The molecule has 1 aromatic heterocycles. The standard InChI is InChI=1S/C16H13ClFN3/c17-14-2-1-3-15(18)13(14)10-21-9-8-20-16(21)11-4-6-12(19)7-5-11/h1-9H,10,19H2. The molecule has 0 saturated carbocycles. The van der Waals surface area contributed by atoms with Crippen LogP contribution < -0.4 is 5.73 Å². The molecule has 106 valence electrons. The predicted molar refractivity (Wildman–Crippen MR) is 82.6 cm³/mol. The van der Waals surface area contributed by atoms with E-state index in [-0.39, 0.29) is 5.82 Å². The Labute approximate surface area is 126 Å². The Morgan fingerprint density at radius 1 is 1.14 bits per heavy atom. The maximum absolute atomic E-state index is 13.9. The summed E-state index contributed by atoms with van der Waals surface area (Å²) in [6.07, 6.45) is 3.48. The topological polar surface area (TPSA) is 43.8 Å². The lowest BCUT2D eigenvalue weighted by Gasteiger charge is -2.10. The van der Waals surface area contributed by atoms with E-state index in [1.54, 1.807) is 24.5 Å². The van der Waals surface area contributed by atoms with Crippen LogP contribution >= 0.6 is 11.6 Å². The average Bonchev–Trinajstić information content (AvgIpc) is 2.92. The van der Waals surface area contributed by atoms with Crippen molar-refractivity contribution in [1.29, 1.82) is 0 Å². The van der Waals surface area contributed by atoms with Crippen molar-refractivity contribution in [3.8, 4) is 11.4 Å². The van der Waals surface area contributed by atoms with E-state index in [0.717, 1.165) is 11.4 Å². The summed E-state index contributed by atoms with van der Waals surface area (Å²) in [7, 11) is 0. The lowest BCUT2D eigenvalue weighted by molar-refractivity contribution is 0.600. The molecule has 21 heavy (non-hydrogen) atoms. The maximum Gasteiger partial charge on any atom is 0.140 e. The molecule has 0 radical (unpaired) electrons. The molecule has 0 amide bonds. The van der Waals surface area contributed by atoms with Gasteiger partial charge in [0.1, 0.15) is 11.6 Å². The highest BCUT2D eigenvalue weighted by molar-refractivity contribution is 6.31. The smallest absolute Gasteiger partial charge is 0.140 e. The van der Waals surface area contributed by atoms with Crippen molar-refractivity contribution in [2.75, 3.05) is 5.73 Å². The highest BCUT2D eigenvalue weighted by atomic mass is 35.5. The monoisotopic (exact) mass is 301 g/mol. The van der Waals surface area contributed by atoms with Crippen molar-refractivity contribution >= 4 is 17.3 Å². The van der Waals surface area contributed by atoms with E-state index < -0.39 is 0 Å². The SMILES string of the molecule is Nc1ccc(-c2nccn2Cc2c(F)cccc2Cl)cc1. The Balaban J connectivity index is 1.98. The molecule has 0 aliphatic rings. The Morgan fingerprint density at radius 3 is 2.62 bits per heavy atom.